The van der Waals surface area contributed by atoms with Gasteiger partial charge in [-0.2, -0.15) is 0 Å². The molecule has 1 aliphatic carbocycles. The molecule has 2 rings (SSSR count). The third kappa shape index (κ3) is 3.37. The van der Waals surface area contributed by atoms with Gasteiger partial charge < -0.3 is 10.6 Å². The van der Waals surface area contributed by atoms with Gasteiger partial charge in [0.05, 0.1) is 0 Å². The molecule has 1 amide bonds. The van der Waals surface area contributed by atoms with Gasteiger partial charge >= 0.3 is 0 Å². The molecule has 1 fully saturated rings. The van der Waals surface area contributed by atoms with Crippen molar-refractivity contribution >= 4 is 23.1 Å². The van der Waals surface area contributed by atoms with Gasteiger partial charge in [0.25, 0.3) is 5.91 Å². The summed E-state index contributed by atoms with van der Waals surface area (Å²) in [5, 5.41) is 0. The van der Waals surface area contributed by atoms with Gasteiger partial charge in [-0.25, -0.2) is 0 Å². The Balaban J connectivity index is 2.13. The van der Waals surface area contributed by atoms with E-state index in [1.165, 1.54) is 12.8 Å². The minimum atomic E-state index is 0.0576. The lowest BCUT2D eigenvalue weighted by Crippen LogP contribution is -2.39. The van der Waals surface area contributed by atoms with Crippen LogP contribution in [0.1, 0.15) is 48.5 Å². The molecule has 4 heteroatoms. The first-order chi connectivity index (χ1) is 9.49. The Hall–Kier alpha value is -1.42. The molecule has 0 heterocycles. The summed E-state index contributed by atoms with van der Waals surface area (Å²) in [6.45, 7) is 2.26. The van der Waals surface area contributed by atoms with Crippen molar-refractivity contribution in [3.63, 3.8) is 0 Å². The molecule has 108 valence electrons. The topological polar surface area (TPSA) is 46.3 Å². The molecule has 1 aromatic rings. The third-order valence-electron chi connectivity index (χ3n) is 4.17. The smallest absolute Gasteiger partial charge is 0.253 e. The number of carbonyl (C=O) groups is 1. The summed E-state index contributed by atoms with van der Waals surface area (Å²) in [5.74, 6) is 0.758. The van der Waals surface area contributed by atoms with Gasteiger partial charge in [0, 0.05) is 24.2 Å². The van der Waals surface area contributed by atoms with Gasteiger partial charge in [-0.15, -0.1) is 0 Å². The number of nitrogens with two attached hydrogens (primary N) is 1. The zero-order valence-electron chi connectivity index (χ0n) is 12.1. The molecule has 1 aromatic carbocycles. The van der Waals surface area contributed by atoms with E-state index >= 15 is 0 Å². The summed E-state index contributed by atoms with van der Waals surface area (Å²) >= 11 is 4.97. The highest BCUT2D eigenvalue weighted by molar-refractivity contribution is 7.80. The van der Waals surface area contributed by atoms with Gasteiger partial charge in [-0.05, 0) is 30.9 Å². The largest absolute Gasteiger partial charge is 0.389 e. The molecule has 3 nitrogen and oxygen atoms in total. The average molecular weight is 290 g/mol. The van der Waals surface area contributed by atoms with Crippen molar-refractivity contribution in [2.75, 3.05) is 7.05 Å². The number of rotatable bonds is 3. The van der Waals surface area contributed by atoms with Crippen molar-refractivity contribution in [2.45, 2.75) is 38.6 Å². The molecule has 2 unspecified atom stereocenters. The average Bonchev–Trinajstić information content (AvgIpc) is 2.45. The number of carbonyl (C=O) groups excluding carboxylic acids is 1. The van der Waals surface area contributed by atoms with E-state index in [0.29, 0.717) is 22.5 Å². The van der Waals surface area contributed by atoms with Gasteiger partial charge in [0.15, 0.2) is 0 Å². The predicted octanol–water partition coefficient (Wildman–Crippen LogP) is 2.97. The summed E-state index contributed by atoms with van der Waals surface area (Å²) in [4.78, 5) is 14.8. The number of nitrogens with zero attached hydrogens (tertiary/aromatic N) is 1. The van der Waals surface area contributed by atoms with Crippen LogP contribution in [0.2, 0.25) is 0 Å². The Labute approximate surface area is 126 Å². The van der Waals surface area contributed by atoms with Crippen LogP contribution in [0, 0.1) is 5.92 Å². The molecule has 0 saturated heterocycles. The molecule has 0 radical (unpaired) electrons. The highest BCUT2D eigenvalue weighted by Gasteiger charge is 2.26. The van der Waals surface area contributed by atoms with Crippen LogP contribution in [0.4, 0.5) is 0 Å². The molecule has 20 heavy (non-hydrogen) atoms. The fourth-order valence-corrected chi connectivity index (χ4v) is 3.06. The van der Waals surface area contributed by atoms with Crippen LogP contribution in [0.25, 0.3) is 0 Å². The lowest BCUT2D eigenvalue weighted by atomic mass is 9.86. The first-order valence-electron chi connectivity index (χ1n) is 7.16. The lowest BCUT2D eigenvalue weighted by Gasteiger charge is -2.34. The van der Waals surface area contributed by atoms with Crippen LogP contribution in [-0.2, 0) is 0 Å². The first kappa shape index (κ1) is 15.0. The maximum Gasteiger partial charge on any atom is 0.253 e. The Morgan fingerprint density at radius 3 is 2.70 bits per heavy atom. The van der Waals surface area contributed by atoms with Crippen molar-refractivity contribution in [2.24, 2.45) is 11.7 Å². The third-order valence-corrected chi connectivity index (χ3v) is 4.41. The van der Waals surface area contributed by atoms with E-state index in [2.05, 4.69) is 6.92 Å². The molecule has 0 spiro atoms. The molecule has 1 saturated carbocycles. The molecule has 0 aromatic heterocycles. The number of hydrogen-bond donors (Lipinski definition) is 1. The second-order valence-corrected chi connectivity index (χ2v) is 6.23. The van der Waals surface area contributed by atoms with Crippen LogP contribution >= 0.6 is 12.2 Å². The second kappa shape index (κ2) is 6.35. The van der Waals surface area contributed by atoms with Gasteiger partial charge in [0.1, 0.15) is 4.99 Å². The molecular weight excluding hydrogens is 268 g/mol. The van der Waals surface area contributed by atoms with E-state index in [1.807, 2.05) is 30.1 Å². The minimum absolute atomic E-state index is 0.0576. The van der Waals surface area contributed by atoms with Crippen LogP contribution in [0.3, 0.4) is 0 Å². The molecular formula is C16H22N2OS. The molecule has 2 N–H and O–H groups in total. The van der Waals surface area contributed by atoms with Crippen molar-refractivity contribution in [3.8, 4) is 0 Å². The highest BCUT2D eigenvalue weighted by atomic mass is 32.1. The van der Waals surface area contributed by atoms with Crippen LogP contribution < -0.4 is 5.73 Å². The monoisotopic (exact) mass is 290 g/mol. The second-order valence-electron chi connectivity index (χ2n) is 5.79. The normalized spacial score (nSPS) is 22.3. The van der Waals surface area contributed by atoms with E-state index in [1.54, 1.807) is 6.07 Å². The highest BCUT2D eigenvalue weighted by Crippen LogP contribution is 2.27. The van der Waals surface area contributed by atoms with Gasteiger partial charge in [-0.3, -0.25) is 4.79 Å². The van der Waals surface area contributed by atoms with E-state index in [-0.39, 0.29) is 5.91 Å². The summed E-state index contributed by atoms with van der Waals surface area (Å²) in [5.41, 5.74) is 7.04. The number of thiocarbonyl (C=S) groups is 1. The fourth-order valence-electron chi connectivity index (χ4n) is 2.93. The number of hydrogen-bond acceptors (Lipinski definition) is 2. The number of benzene rings is 1. The quantitative estimate of drug-likeness (QED) is 0.871. The zero-order valence-corrected chi connectivity index (χ0v) is 13.0. The zero-order chi connectivity index (χ0) is 14.7. The molecule has 0 aliphatic heterocycles. The Bertz CT molecular complexity index is 515. The number of amides is 1. The Kier molecular flexibility index (Phi) is 4.76. The Morgan fingerprint density at radius 1 is 1.35 bits per heavy atom. The SMILES string of the molecule is CC1CCCC(N(C)C(=O)c2cccc(C(N)=S)c2)C1. The Morgan fingerprint density at radius 2 is 2.05 bits per heavy atom. The minimum Gasteiger partial charge on any atom is -0.389 e. The van der Waals surface area contributed by atoms with E-state index in [4.69, 9.17) is 18.0 Å². The molecule has 0 bridgehead atoms. The lowest BCUT2D eigenvalue weighted by molar-refractivity contribution is 0.0672. The maximum atomic E-state index is 12.6. The van der Waals surface area contributed by atoms with Crippen LogP contribution in [-0.4, -0.2) is 28.9 Å². The van der Waals surface area contributed by atoms with E-state index in [0.717, 1.165) is 18.4 Å². The summed E-state index contributed by atoms with van der Waals surface area (Å²) in [7, 11) is 1.90. The molecule has 1 aliphatic rings. The van der Waals surface area contributed by atoms with Crippen molar-refractivity contribution < 1.29 is 4.79 Å². The summed E-state index contributed by atoms with van der Waals surface area (Å²) < 4.78 is 0. The van der Waals surface area contributed by atoms with Crippen LogP contribution in [0.15, 0.2) is 24.3 Å². The van der Waals surface area contributed by atoms with E-state index < -0.39 is 0 Å². The standard InChI is InChI=1S/C16H22N2OS/c1-11-5-3-8-14(9-11)18(2)16(19)13-7-4-6-12(10-13)15(17)20/h4,6-7,10-11,14H,3,5,8-9H2,1-2H3,(H2,17,20). The predicted molar refractivity (Wildman–Crippen MR) is 85.8 cm³/mol. The fraction of sp³-hybridized carbons (Fsp3) is 0.500. The summed E-state index contributed by atoms with van der Waals surface area (Å²) in [6.07, 6.45) is 4.67. The maximum absolute atomic E-state index is 12.6. The van der Waals surface area contributed by atoms with Crippen LogP contribution in [0.5, 0.6) is 0 Å². The van der Waals surface area contributed by atoms with Crippen molar-refractivity contribution in [1.82, 2.24) is 4.90 Å². The van der Waals surface area contributed by atoms with E-state index in [9.17, 15) is 4.79 Å². The van der Waals surface area contributed by atoms with Crippen molar-refractivity contribution in [3.05, 3.63) is 35.4 Å². The first-order valence-corrected chi connectivity index (χ1v) is 7.57. The van der Waals surface area contributed by atoms with Gasteiger partial charge in [-0.1, -0.05) is 44.1 Å². The summed E-state index contributed by atoms with van der Waals surface area (Å²) in [6, 6.07) is 7.63. The van der Waals surface area contributed by atoms with Gasteiger partial charge in [0.2, 0.25) is 0 Å². The molecule has 2 atom stereocenters. The van der Waals surface area contributed by atoms with Crippen molar-refractivity contribution in [1.29, 1.82) is 0 Å².